The van der Waals surface area contributed by atoms with E-state index in [4.69, 9.17) is 9.47 Å². The molecule has 0 atom stereocenters. The van der Waals surface area contributed by atoms with Gasteiger partial charge in [-0.1, -0.05) is 0 Å². The number of nitrogens with zero attached hydrogens (tertiary/aromatic N) is 1. The highest BCUT2D eigenvalue weighted by atomic mass is 79.9. The van der Waals surface area contributed by atoms with E-state index in [1.54, 1.807) is 6.20 Å². The average molecular weight is 260 g/mol. The van der Waals surface area contributed by atoms with Crippen molar-refractivity contribution < 1.29 is 9.47 Å². The molecule has 0 aromatic carbocycles. The van der Waals surface area contributed by atoms with E-state index in [0.717, 1.165) is 16.6 Å². The molecule has 0 amide bonds. The molecule has 1 aromatic heterocycles. The third-order valence-corrected chi connectivity index (χ3v) is 2.53. The van der Waals surface area contributed by atoms with E-state index in [1.807, 2.05) is 19.9 Å². The monoisotopic (exact) mass is 259 g/mol. The fraction of sp³-hybridized carbons (Fsp3) is 0.500. The molecule has 1 heterocycles. The highest BCUT2D eigenvalue weighted by Crippen LogP contribution is 2.18. The summed E-state index contributed by atoms with van der Waals surface area (Å²) in [5.41, 5.74) is 1.12. The van der Waals surface area contributed by atoms with E-state index in [0.29, 0.717) is 19.1 Å². The predicted molar refractivity (Wildman–Crippen MR) is 58.7 cm³/mol. The van der Waals surface area contributed by atoms with Gasteiger partial charge in [0.2, 0.25) is 5.88 Å². The molecule has 0 fully saturated rings. The summed E-state index contributed by atoms with van der Waals surface area (Å²) in [6.07, 6.45) is 1.74. The first-order chi connectivity index (χ1) is 6.74. The minimum absolute atomic E-state index is 0.544. The molecule has 0 aliphatic heterocycles. The number of rotatable bonds is 5. The summed E-state index contributed by atoms with van der Waals surface area (Å²) in [4.78, 5) is 4.11. The molecular weight excluding hydrogens is 246 g/mol. The van der Waals surface area contributed by atoms with Gasteiger partial charge in [0.1, 0.15) is 6.61 Å². The van der Waals surface area contributed by atoms with Crippen LogP contribution in [0.25, 0.3) is 0 Å². The quantitative estimate of drug-likeness (QED) is 0.762. The molecule has 0 N–H and O–H groups in total. The Kier molecular flexibility index (Phi) is 4.90. The van der Waals surface area contributed by atoms with Crippen molar-refractivity contribution in [3.8, 4) is 5.88 Å². The van der Waals surface area contributed by atoms with Gasteiger partial charge in [-0.3, -0.25) is 0 Å². The smallest absolute Gasteiger partial charge is 0.213 e. The van der Waals surface area contributed by atoms with Crippen LogP contribution in [0.1, 0.15) is 12.5 Å². The first-order valence-corrected chi connectivity index (χ1v) is 5.36. The second-order valence-corrected chi connectivity index (χ2v) is 3.67. The summed E-state index contributed by atoms with van der Waals surface area (Å²) >= 11 is 3.38. The van der Waals surface area contributed by atoms with Crippen LogP contribution in [0.2, 0.25) is 0 Å². The molecule has 0 saturated carbocycles. The summed E-state index contributed by atoms with van der Waals surface area (Å²) in [5, 5.41) is 0. The highest BCUT2D eigenvalue weighted by molar-refractivity contribution is 9.10. The van der Waals surface area contributed by atoms with Gasteiger partial charge in [0.15, 0.2) is 0 Å². The summed E-state index contributed by atoms with van der Waals surface area (Å²) in [5.74, 6) is 0.644. The Hall–Kier alpha value is -0.610. The van der Waals surface area contributed by atoms with Gasteiger partial charge >= 0.3 is 0 Å². The largest absolute Gasteiger partial charge is 0.475 e. The van der Waals surface area contributed by atoms with Crippen molar-refractivity contribution in [3.05, 3.63) is 22.3 Å². The van der Waals surface area contributed by atoms with E-state index in [2.05, 4.69) is 20.9 Å². The van der Waals surface area contributed by atoms with Gasteiger partial charge in [-0.25, -0.2) is 4.98 Å². The molecule has 1 rings (SSSR count). The third-order valence-electron chi connectivity index (χ3n) is 1.70. The molecular formula is C10H14BrNO2. The Balaban J connectivity index is 2.39. The van der Waals surface area contributed by atoms with E-state index in [1.165, 1.54) is 0 Å². The number of aryl methyl sites for hydroxylation is 1. The lowest BCUT2D eigenvalue weighted by molar-refractivity contribution is 0.108. The van der Waals surface area contributed by atoms with Crippen molar-refractivity contribution >= 4 is 15.9 Å². The number of hydrogen-bond donors (Lipinski definition) is 0. The van der Waals surface area contributed by atoms with Gasteiger partial charge in [-0.05, 0) is 35.3 Å². The molecule has 3 nitrogen and oxygen atoms in total. The normalized spacial score (nSPS) is 10.2. The van der Waals surface area contributed by atoms with Gasteiger partial charge in [-0.15, -0.1) is 0 Å². The summed E-state index contributed by atoms with van der Waals surface area (Å²) in [7, 11) is 0. The molecule has 1 aromatic rings. The van der Waals surface area contributed by atoms with Crippen LogP contribution in [-0.4, -0.2) is 24.8 Å². The van der Waals surface area contributed by atoms with Crippen LogP contribution in [-0.2, 0) is 4.74 Å². The number of pyridine rings is 1. The van der Waals surface area contributed by atoms with Crippen LogP contribution in [0, 0.1) is 6.92 Å². The van der Waals surface area contributed by atoms with Crippen LogP contribution in [0.15, 0.2) is 16.7 Å². The number of halogens is 1. The zero-order valence-electron chi connectivity index (χ0n) is 8.42. The van der Waals surface area contributed by atoms with Crippen molar-refractivity contribution in [2.75, 3.05) is 19.8 Å². The van der Waals surface area contributed by atoms with Crippen molar-refractivity contribution in [2.24, 2.45) is 0 Å². The highest BCUT2D eigenvalue weighted by Gasteiger charge is 1.99. The average Bonchev–Trinajstić information content (AvgIpc) is 2.18. The first kappa shape index (κ1) is 11.5. The Morgan fingerprint density at radius 2 is 2.21 bits per heavy atom. The molecule has 0 aliphatic rings. The maximum Gasteiger partial charge on any atom is 0.213 e. The maximum absolute atomic E-state index is 5.39. The number of hydrogen-bond acceptors (Lipinski definition) is 3. The van der Waals surface area contributed by atoms with Crippen molar-refractivity contribution in [1.82, 2.24) is 4.98 Å². The van der Waals surface area contributed by atoms with Gasteiger partial charge in [0.25, 0.3) is 0 Å². The van der Waals surface area contributed by atoms with Crippen molar-refractivity contribution in [1.29, 1.82) is 0 Å². The fourth-order valence-corrected chi connectivity index (χ4v) is 1.16. The van der Waals surface area contributed by atoms with Crippen LogP contribution in [0.5, 0.6) is 5.88 Å². The molecule has 0 bridgehead atoms. The van der Waals surface area contributed by atoms with Crippen molar-refractivity contribution in [2.45, 2.75) is 13.8 Å². The topological polar surface area (TPSA) is 31.4 Å². The summed E-state index contributed by atoms with van der Waals surface area (Å²) in [6, 6.07) is 1.90. The van der Waals surface area contributed by atoms with Crippen LogP contribution in [0.4, 0.5) is 0 Å². The second kappa shape index (κ2) is 5.98. The standard InChI is InChI=1S/C10H14BrNO2/c1-3-13-4-5-14-10-6-8(2)9(11)7-12-10/h6-7H,3-5H2,1-2H3. The van der Waals surface area contributed by atoms with Crippen LogP contribution < -0.4 is 4.74 Å². The van der Waals surface area contributed by atoms with E-state index < -0.39 is 0 Å². The lowest BCUT2D eigenvalue weighted by Crippen LogP contribution is -2.07. The second-order valence-electron chi connectivity index (χ2n) is 2.82. The Bertz CT molecular complexity index is 291. The van der Waals surface area contributed by atoms with E-state index in [-0.39, 0.29) is 0 Å². The van der Waals surface area contributed by atoms with Gasteiger partial charge in [0.05, 0.1) is 6.61 Å². The summed E-state index contributed by atoms with van der Waals surface area (Å²) < 4.78 is 11.5. The number of ether oxygens (including phenoxy) is 2. The maximum atomic E-state index is 5.39. The SMILES string of the molecule is CCOCCOc1cc(C)c(Br)cn1. The minimum Gasteiger partial charge on any atom is -0.475 e. The van der Waals surface area contributed by atoms with E-state index >= 15 is 0 Å². The van der Waals surface area contributed by atoms with Gasteiger partial charge < -0.3 is 9.47 Å². The molecule has 0 saturated heterocycles. The number of aromatic nitrogens is 1. The minimum atomic E-state index is 0.544. The van der Waals surface area contributed by atoms with E-state index in [9.17, 15) is 0 Å². The molecule has 4 heteroatoms. The lowest BCUT2D eigenvalue weighted by atomic mass is 10.3. The lowest BCUT2D eigenvalue weighted by Gasteiger charge is -2.06. The molecule has 0 aliphatic carbocycles. The molecule has 0 spiro atoms. The molecule has 0 radical (unpaired) electrons. The van der Waals surface area contributed by atoms with Gasteiger partial charge in [0, 0.05) is 23.3 Å². The Labute approximate surface area is 92.6 Å². The van der Waals surface area contributed by atoms with Crippen LogP contribution in [0.3, 0.4) is 0 Å². The molecule has 78 valence electrons. The Morgan fingerprint density at radius 1 is 1.43 bits per heavy atom. The van der Waals surface area contributed by atoms with Crippen LogP contribution >= 0.6 is 15.9 Å². The molecule has 14 heavy (non-hydrogen) atoms. The summed E-state index contributed by atoms with van der Waals surface area (Å²) in [6.45, 7) is 5.83. The zero-order chi connectivity index (χ0) is 10.4. The van der Waals surface area contributed by atoms with Gasteiger partial charge in [-0.2, -0.15) is 0 Å². The first-order valence-electron chi connectivity index (χ1n) is 4.56. The third kappa shape index (κ3) is 3.64. The Morgan fingerprint density at radius 3 is 2.86 bits per heavy atom. The zero-order valence-corrected chi connectivity index (χ0v) is 10.0. The van der Waals surface area contributed by atoms with Crippen molar-refractivity contribution in [3.63, 3.8) is 0 Å². The fourth-order valence-electron chi connectivity index (χ4n) is 0.942. The molecule has 0 unspecified atom stereocenters. The predicted octanol–water partition coefficient (Wildman–Crippen LogP) is 2.57.